The summed E-state index contributed by atoms with van der Waals surface area (Å²) < 4.78 is 0. The van der Waals surface area contributed by atoms with Crippen LogP contribution in [0.5, 0.6) is 0 Å². The molecule has 3 aromatic carbocycles. The molecule has 0 fully saturated rings. The minimum Gasteiger partial charge on any atom is -0.384 e. The summed E-state index contributed by atoms with van der Waals surface area (Å²) in [4.78, 5) is 4.79. The summed E-state index contributed by atoms with van der Waals surface area (Å²) in [5.74, 6) is 0. The molecule has 0 radical (unpaired) electrons. The molecule has 0 bridgehead atoms. The number of unbranched alkanes of at least 4 members (excludes halogenated alkanes) is 2. The topological polar surface area (TPSA) is 37.0 Å². The predicted molar refractivity (Wildman–Crippen MR) is 120 cm³/mol. The van der Waals surface area contributed by atoms with Crippen molar-refractivity contribution in [3.8, 4) is 0 Å². The Morgan fingerprint density at radius 1 is 0.679 bits per heavy atom. The van der Waals surface area contributed by atoms with E-state index in [0.29, 0.717) is 0 Å². The summed E-state index contributed by atoms with van der Waals surface area (Å²) in [5, 5.41) is 9.52. The number of para-hydroxylation sites is 1. The van der Waals surface area contributed by atoms with E-state index in [4.69, 9.17) is 4.98 Å². The van der Waals surface area contributed by atoms with E-state index < -0.39 is 0 Å². The van der Waals surface area contributed by atoms with Crippen molar-refractivity contribution in [3.63, 3.8) is 0 Å². The fourth-order valence-corrected chi connectivity index (χ4v) is 3.56. The molecule has 0 saturated heterocycles. The van der Waals surface area contributed by atoms with Crippen molar-refractivity contribution >= 4 is 27.5 Å². The van der Waals surface area contributed by atoms with Crippen LogP contribution in [0.25, 0.3) is 21.8 Å². The van der Waals surface area contributed by atoms with Crippen LogP contribution in [0.3, 0.4) is 0 Å². The van der Waals surface area contributed by atoms with E-state index in [1.54, 1.807) is 0 Å². The number of nitrogens with zero attached hydrogens (tertiary/aromatic N) is 1. The van der Waals surface area contributed by atoms with E-state index in [2.05, 4.69) is 83.4 Å². The fraction of sp³-hybridized carbons (Fsp3) is 0.240. The molecule has 0 amide bonds. The van der Waals surface area contributed by atoms with Crippen molar-refractivity contribution < 1.29 is 0 Å². The van der Waals surface area contributed by atoms with E-state index in [1.807, 2.05) is 6.07 Å². The molecule has 3 heteroatoms. The number of benzene rings is 3. The number of hydrogen-bond acceptors (Lipinski definition) is 3. The third kappa shape index (κ3) is 4.68. The number of fused-ring (bicyclic) bond motifs is 2. The third-order valence-corrected chi connectivity index (χ3v) is 5.08. The van der Waals surface area contributed by atoms with Crippen LogP contribution in [0.15, 0.2) is 78.9 Å². The monoisotopic (exact) mass is 369 g/mol. The highest BCUT2D eigenvalue weighted by atomic mass is 14.9. The second kappa shape index (κ2) is 9.34. The number of hydrogen-bond donors (Lipinski definition) is 2. The number of rotatable bonds is 9. The maximum Gasteiger partial charge on any atom is 0.0730 e. The van der Waals surface area contributed by atoms with Gasteiger partial charge in [-0.05, 0) is 49.2 Å². The van der Waals surface area contributed by atoms with Crippen molar-refractivity contribution in [3.05, 3.63) is 84.4 Å². The first-order valence-electron chi connectivity index (χ1n) is 10.2. The minimum atomic E-state index is 0.954. The highest BCUT2D eigenvalue weighted by Crippen LogP contribution is 2.26. The lowest BCUT2D eigenvalue weighted by Crippen LogP contribution is -2.14. The van der Waals surface area contributed by atoms with Gasteiger partial charge in [0.15, 0.2) is 0 Å². The molecule has 1 aromatic heterocycles. The fourth-order valence-electron chi connectivity index (χ4n) is 3.56. The molecule has 28 heavy (non-hydrogen) atoms. The SMILES string of the molecule is c1ccc(CNCCCCCNc2cccc3nc4ccccc4cc23)cc1. The second-order valence-electron chi connectivity index (χ2n) is 7.20. The van der Waals surface area contributed by atoms with Gasteiger partial charge in [0.2, 0.25) is 0 Å². The first-order chi connectivity index (χ1) is 13.9. The standard InChI is InChI=1S/C25H27N3/c1-3-10-20(11-4-1)19-26-16-7-2-8-17-27-24-14-9-15-25-22(24)18-21-12-5-6-13-23(21)28-25/h1,3-6,9-15,18,26-27H,2,7-8,16-17,19H2. The Morgan fingerprint density at radius 2 is 1.46 bits per heavy atom. The van der Waals surface area contributed by atoms with E-state index in [-0.39, 0.29) is 0 Å². The number of aromatic nitrogens is 1. The molecule has 0 atom stereocenters. The first kappa shape index (κ1) is 18.5. The van der Waals surface area contributed by atoms with Crippen molar-refractivity contribution in [1.82, 2.24) is 10.3 Å². The first-order valence-corrected chi connectivity index (χ1v) is 10.2. The van der Waals surface area contributed by atoms with Crippen LogP contribution in [0.4, 0.5) is 5.69 Å². The average Bonchev–Trinajstić information content (AvgIpc) is 2.75. The Hall–Kier alpha value is -2.91. The largest absolute Gasteiger partial charge is 0.384 e. The van der Waals surface area contributed by atoms with Gasteiger partial charge in [-0.1, -0.05) is 61.0 Å². The van der Waals surface area contributed by atoms with E-state index in [1.165, 1.54) is 41.3 Å². The number of pyridine rings is 1. The van der Waals surface area contributed by atoms with Gasteiger partial charge in [0, 0.05) is 29.5 Å². The molecule has 2 N–H and O–H groups in total. The van der Waals surface area contributed by atoms with Crippen LogP contribution in [-0.2, 0) is 6.54 Å². The van der Waals surface area contributed by atoms with Crippen molar-refractivity contribution in [2.75, 3.05) is 18.4 Å². The molecule has 0 saturated carbocycles. The quantitative estimate of drug-likeness (QED) is 0.291. The van der Waals surface area contributed by atoms with E-state index in [0.717, 1.165) is 30.7 Å². The normalized spacial score (nSPS) is 11.1. The highest BCUT2D eigenvalue weighted by Gasteiger charge is 2.04. The lowest BCUT2D eigenvalue weighted by atomic mass is 10.1. The van der Waals surface area contributed by atoms with Gasteiger partial charge in [-0.3, -0.25) is 0 Å². The lowest BCUT2D eigenvalue weighted by Gasteiger charge is -2.11. The molecule has 0 unspecified atom stereocenters. The molecular weight excluding hydrogens is 342 g/mol. The molecular formula is C25H27N3. The third-order valence-electron chi connectivity index (χ3n) is 5.08. The molecule has 0 aliphatic carbocycles. The second-order valence-corrected chi connectivity index (χ2v) is 7.20. The van der Waals surface area contributed by atoms with Crippen LogP contribution in [0, 0.1) is 0 Å². The average molecular weight is 370 g/mol. The van der Waals surface area contributed by atoms with Crippen LogP contribution in [0.1, 0.15) is 24.8 Å². The summed E-state index contributed by atoms with van der Waals surface area (Å²) >= 11 is 0. The smallest absolute Gasteiger partial charge is 0.0730 e. The molecule has 1 heterocycles. The molecule has 0 spiro atoms. The van der Waals surface area contributed by atoms with Gasteiger partial charge < -0.3 is 10.6 Å². The van der Waals surface area contributed by atoms with Gasteiger partial charge in [0.1, 0.15) is 0 Å². The maximum absolute atomic E-state index is 4.79. The van der Waals surface area contributed by atoms with Gasteiger partial charge in [-0.2, -0.15) is 0 Å². The molecule has 4 aromatic rings. The Morgan fingerprint density at radius 3 is 2.39 bits per heavy atom. The molecule has 0 aliphatic heterocycles. The van der Waals surface area contributed by atoms with Crippen molar-refractivity contribution in [1.29, 1.82) is 0 Å². The summed E-state index contributed by atoms with van der Waals surface area (Å²) in [6.07, 6.45) is 3.60. The summed E-state index contributed by atoms with van der Waals surface area (Å²) in [6.45, 7) is 3.01. The van der Waals surface area contributed by atoms with Gasteiger partial charge in [0.05, 0.1) is 11.0 Å². The summed E-state index contributed by atoms with van der Waals surface area (Å²) in [6, 6.07) is 27.4. The molecule has 142 valence electrons. The number of anilines is 1. The van der Waals surface area contributed by atoms with Crippen LogP contribution in [-0.4, -0.2) is 18.1 Å². The Labute approximate surface area is 166 Å². The number of nitrogens with one attached hydrogen (secondary N) is 2. The predicted octanol–water partition coefficient (Wildman–Crippen LogP) is 5.76. The zero-order valence-corrected chi connectivity index (χ0v) is 16.2. The Bertz CT molecular complexity index is 1030. The highest BCUT2D eigenvalue weighted by molar-refractivity contribution is 5.99. The zero-order valence-electron chi connectivity index (χ0n) is 16.2. The van der Waals surface area contributed by atoms with Crippen molar-refractivity contribution in [2.45, 2.75) is 25.8 Å². The Balaban J connectivity index is 1.24. The van der Waals surface area contributed by atoms with Crippen LogP contribution >= 0.6 is 0 Å². The van der Waals surface area contributed by atoms with Gasteiger partial charge in [-0.15, -0.1) is 0 Å². The van der Waals surface area contributed by atoms with Gasteiger partial charge >= 0.3 is 0 Å². The molecule has 4 rings (SSSR count). The minimum absolute atomic E-state index is 0.954. The molecule has 3 nitrogen and oxygen atoms in total. The summed E-state index contributed by atoms with van der Waals surface area (Å²) in [5.41, 5.74) is 4.63. The van der Waals surface area contributed by atoms with Crippen LogP contribution in [0.2, 0.25) is 0 Å². The van der Waals surface area contributed by atoms with Gasteiger partial charge in [-0.25, -0.2) is 4.98 Å². The van der Waals surface area contributed by atoms with E-state index >= 15 is 0 Å². The Kier molecular flexibility index (Phi) is 6.15. The van der Waals surface area contributed by atoms with Crippen molar-refractivity contribution in [2.24, 2.45) is 0 Å². The van der Waals surface area contributed by atoms with E-state index in [9.17, 15) is 0 Å². The van der Waals surface area contributed by atoms with Gasteiger partial charge in [0.25, 0.3) is 0 Å². The lowest BCUT2D eigenvalue weighted by molar-refractivity contribution is 0.611. The zero-order chi connectivity index (χ0) is 19.0. The molecule has 0 aliphatic rings. The van der Waals surface area contributed by atoms with Crippen LogP contribution < -0.4 is 10.6 Å². The summed E-state index contributed by atoms with van der Waals surface area (Å²) in [7, 11) is 0. The maximum atomic E-state index is 4.79.